The summed E-state index contributed by atoms with van der Waals surface area (Å²) in [6.45, 7) is 6.52. The van der Waals surface area contributed by atoms with Gasteiger partial charge in [-0.25, -0.2) is 0 Å². The first kappa shape index (κ1) is 14.9. The first-order chi connectivity index (χ1) is 8.72. The molecule has 18 heavy (non-hydrogen) atoms. The lowest BCUT2D eigenvalue weighted by Crippen LogP contribution is -2.02. The van der Waals surface area contributed by atoms with Crippen molar-refractivity contribution in [2.45, 2.75) is 65.7 Å². The van der Waals surface area contributed by atoms with Crippen LogP contribution in [0.15, 0.2) is 18.2 Å². The molecule has 0 radical (unpaired) electrons. The number of hydrogen-bond donors (Lipinski definition) is 0. The Morgan fingerprint density at radius 2 is 1.67 bits per heavy atom. The van der Waals surface area contributed by atoms with Gasteiger partial charge in [-0.2, -0.15) is 0 Å². The minimum Gasteiger partial charge on any atom is -0.294 e. The standard InChI is InChI=1S/C17H26O/c1-4-7-8-9-10-17(18)16-12-11-14(5-2)15(6-3)13-16/h11-13H,4-10H2,1-3H3. The average Bonchev–Trinajstić information content (AvgIpc) is 2.42. The maximum atomic E-state index is 12.1. The van der Waals surface area contributed by atoms with Gasteiger partial charge in [-0.05, 0) is 36.5 Å². The first-order valence-corrected chi connectivity index (χ1v) is 7.37. The molecule has 0 aliphatic carbocycles. The normalized spacial score (nSPS) is 10.6. The van der Waals surface area contributed by atoms with Crippen LogP contribution in [-0.2, 0) is 12.8 Å². The van der Waals surface area contributed by atoms with E-state index in [0.29, 0.717) is 12.2 Å². The zero-order valence-corrected chi connectivity index (χ0v) is 12.1. The Hall–Kier alpha value is -1.11. The molecule has 0 atom stereocenters. The number of carbonyl (C=O) groups is 1. The molecule has 0 aromatic heterocycles. The van der Waals surface area contributed by atoms with Crippen molar-refractivity contribution < 1.29 is 4.79 Å². The fourth-order valence-corrected chi connectivity index (χ4v) is 2.33. The van der Waals surface area contributed by atoms with Crippen molar-refractivity contribution in [1.29, 1.82) is 0 Å². The number of carbonyl (C=O) groups excluding carboxylic acids is 1. The van der Waals surface area contributed by atoms with Gasteiger partial charge in [0.1, 0.15) is 0 Å². The van der Waals surface area contributed by atoms with Gasteiger partial charge in [0.05, 0.1) is 0 Å². The predicted octanol–water partition coefficient (Wildman–Crippen LogP) is 4.96. The Morgan fingerprint density at radius 3 is 2.28 bits per heavy atom. The average molecular weight is 246 g/mol. The molecular weight excluding hydrogens is 220 g/mol. The van der Waals surface area contributed by atoms with Gasteiger partial charge in [-0.1, -0.05) is 52.2 Å². The van der Waals surface area contributed by atoms with Crippen LogP contribution in [0.1, 0.15) is 74.4 Å². The molecule has 0 saturated carbocycles. The molecule has 0 unspecified atom stereocenters. The second kappa shape index (κ2) is 8.07. The second-order valence-corrected chi connectivity index (χ2v) is 4.92. The number of ketones is 1. The van der Waals surface area contributed by atoms with E-state index in [-0.39, 0.29) is 0 Å². The van der Waals surface area contributed by atoms with Crippen LogP contribution in [0.4, 0.5) is 0 Å². The highest BCUT2D eigenvalue weighted by Crippen LogP contribution is 2.16. The molecule has 0 saturated heterocycles. The highest BCUT2D eigenvalue weighted by molar-refractivity contribution is 5.96. The fourth-order valence-electron chi connectivity index (χ4n) is 2.33. The number of Topliss-reactive ketones (excluding diaryl/α,β-unsaturated/α-hetero) is 1. The lowest BCUT2D eigenvalue weighted by atomic mass is 9.96. The van der Waals surface area contributed by atoms with Crippen molar-refractivity contribution in [2.24, 2.45) is 0 Å². The third-order valence-corrected chi connectivity index (χ3v) is 3.55. The Balaban J connectivity index is 2.62. The summed E-state index contributed by atoms with van der Waals surface area (Å²) in [5.74, 6) is 0.309. The van der Waals surface area contributed by atoms with E-state index in [9.17, 15) is 4.79 Å². The maximum absolute atomic E-state index is 12.1. The van der Waals surface area contributed by atoms with Crippen molar-refractivity contribution in [3.05, 3.63) is 34.9 Å². The van der Waals surface area contributed by atoms with Gasteiger partial charge < -0.3 is 0 Å². The first-order valence-electron chi connectivity index (χ1n) is 7.37. The number of rotatable bonds is 8. The molecule has 0 N–H and O–H groups in total. The van der Waals surface area contributed by atoms with Crippen molar-refractivity contribution in [3.63, 3.8) is 0 Å². The second-order valence-electron chi connectivity index (χ2n) is 4.92. The third kappa shape index (κ3) is 4.29. The van der Waals surface area contributed by atoms with Crippen LogP contribution in [0.3, 0.4) is 0 Å². The fraction of sp³-hybridized carbons (Fsp3) is 0.588. The van der Waals surface area contributed by atoms with Gasteiger partial charge in [0.15, 0.2) is 5.78 Å². The molecule has 0 bridgehead atoms. The number of hydrogen-bond acceptors (Lipinski definition) is 1. The summed E-state index contributed by atoms with van der Waals surface area (Å²) >= 11 is 0. The Bertz CT molecular complexity index is 379. The molecule has 1 rings (SSSR count). The molecule has 1 aromatic rings. The highest BCUT2D eigenvalue weighted by atomic mass is 16.1. The van der Waals surface area contributed by atoms with Crippen LogP contribution in [0.25, 0.3) is 0 Å². The minimum absolute atomic E-state index is 0.309. The third-order valence-electron chi connectivity index (χ3n) is 3.55. The molecule has 1 heteroatoms. The molecule has 0 aliphatic rings. The molecule has 0 spiro atoms. The zero-order valence-electron chi connectivity index (χ0n) is 12.1. The number of unbranched alkanes of at least 4 members (excludes halogenated alkanes) is 3. The van der Waals surface area contributed by atoms with Crippen LogP contribution < -0.4 is 0 Å². The topological polar surface area (TPSA) is 17.1 Å². The van der Waals surface area contributed by atoms with Crippen LogP contribution in [-0.4, -0.2) is 5.78 Å². The van der Waals surface area contributed by atoms with Crippen LogP contribution >= 0.6 is 0 Å². The van der Waals surface area contributed by atoms with Crippen molar-refractivity contribution in [2.75, 3.05) is 0 Å². The highest BCUT2D eigenvalue weighted by Gasteiger charge is 2.08. The lowest BCUT2D eigenvalue weighted by Gasteiger charge is -2.08. The SMILES string of the molecule is CCCCCCC(=O)c1ccc(CC)c(CC)c1. The van der Waals surface area contributed by atoms with Crippen LogP contribution in [0, 0.1) is 0 Å². The van der Waals surface area contributed by atoms with E-state index in [1.807, 2.05) is 6.07 Å². The summed E-state index contributed by atoms with van der Waals surface area (Å²) in [5, 5.41) is 0. The molecular formula is C17H26O. The van der Waals surface area contributed by atoms with E-state index in [1.54, 1.807) is 0 Å². The Labute approximate surface area is 112 Å². The van der Waals surface area contributed by atoms with Crippen molar-refractivity contribution >= 4 is 5.78 Å². The summed E-state index contributed by atoms with van der Waals surface area (Å²) in [7, 11) is 0. The number of aryl methyl sites for hydroxylation is 2. The molecule has 100 valence electrons. The van der Waals surface area contributed by atoms with E-state index >= 15 is 0 Å². The van der Waals surface area contributed by atoms with Gasteiger partial charge >= 0.3 is 0 Å². The quantitative estimate of drug-likeness (QED) is 0.468. The van der Waals surface area contributed by atoms with E-state index in [2.05, 4.69) is 32.9 Å². The molecule has 0 heterocycles. The summed E-state index contributed by atoms with van der Waals surface area (Å²) in [6.07, 6.45) is 7.43. The van der Waals surface area contributed by atoms with Gasteiger partial charge in [0.2, 0.25) is 0 Å². The summed E-state index contributed by atoms with van der Waals surface area (Å²) in [4.78, 5) is 12.1. The number of benzene rings is 1. The van der Waals surface area contributed by atoms with E-state index < -0.39 is 0 Å². The van der Waals surface area contributed by atoms with E-state index in [1.165, 1.54) is 30.4 Å². The monoisotopic (exact) mass is 246 g/mol. The van der Waals surface area contributed by atoms with Gasteiger partial charge in [0.25, 0.3) is 0 Å². The van der Waals surface area contributed by atoms with E-state index in [4.69, 9.17) is 0 Å². The molecule has 0 fully saturated rings. The lowest BCUT2D eigenvalue weighted by molar-refractivity contribution is 0.0979. The van der Waals surface area contributed by atoms with E-state index in [0.717, 1.165) is 24.8 Å². The van der Waals surface area contributed by atoms with Crippen molar-refractivity contribution in [3.8, 4) is 0 Å². The Kier molecular flexibility index (Phi) is 6.70. The predicted molar refractivity (Wildman–Crippen MR) is 78.3 cm³/mol. The van der Waals surface area contributed by atoms with Crippen LogP contribution in [0.5, 0.6) is 0 Å². The Morgan fingerprint density at radius 1 is 0.944 bits per heavy atom. The molecule has 1 nitrogen and oxygen atoms in total. The van der Waals surface area contributed by atoms with Gasteiger partial charge in [-0.15, -0.1) is 0 Å². The smallest absolute Gasteiger partial charge is 0.162 e. The summed E-state index contributed by atoms with van der Waals surface area (Å²) < 4.78 is 0. The van der Waals surface area contributed by atoms with Crippen LogP contribution in [0.2, 0.25) is 0 Å². The molecule has 0 aliphatic heterocycles. The summed E-state index contributed by atoms with van der Waals surface area (Å²) in [5.41, 5.74) is 3.61. The van der Waals surface area contributed by atoms with Gasteiger partial charge in [-0.3, -0.25) is 4.79 Å². The molecule has 1 aromatic carbocycles. The molecule has 0 amide bonds. The van der Waals surface area contributed by atoms with Crippen molar-refractivity contribution in [1.82, 2.24) is 0 Å². The maximum Gasteiger partial charge on any atom is 0.162 e. The summed E-state index contributed by atoms with van der Waals surface area (Å²) in [6, 6.07) is 6.22. The van der Waals surface area contributed by atoms with Gasteiger partial charge in [0, 0.05) is 12.0 Å². The zero-order chi connectivity index (χ0) is 13.4. The minimum atomic E-state index is 0.309. The largest absolute Gasteiger partial charge is 0.294 e.